The highest BCUT2D eigenvalue weighted by Crippen LogP contribution is 2.31. The second-order valence-corrected chi connectivity index (χ2v) is 6.77. The number of rotatable bonds is 4. The highest BCUT2D eigenvalue weighted by atomic mass is 32.1. The van der Waals surface area contributed by atoms with Crippen molar-refractivity contribution in [2.75, 3.05) is 12.4 Å². The zero-order chi connectivity index (χ0) is 17.2. The summed E-state index contributed by atoms with van der Waals surface area (Å²) in [7, 11) is 1.64. The summed E-state index contributed by atoms with van der Waals surface area (Å²) in [5.74, 6) is -0.165. The van der Waals surface area contributed by atoms with Crippen molar-refractivity contribution in [3.8, 4) is 0 Å². The number of hydrogen-bond acceptors (Lipinski definition) is 4. The molecule has 0 fully saturated rings. The van der Waals surface area contributed by atoms with Gasteiger partial charge in [-0.15, -0.1) is 0 Å². The van der Waals surface area contributed by atoms with E-state index in [2.05, 4.69) is 28.5 Å². The van der Waals surface area contributed by atoms with E-state index in [1.54, 1.807) is 13.2 Å². The van der Waals surface area contributed by atoms with Gasteiger partial charge in [-0.3, -0.25) is 10.1 Å². The van der Waals surface area contributed by atoms with Gasteiger partial charge in [0.25, 0.3) is 5.91 Å². The number of carbonyl (C=O) groups is 1. The Morgan fingerprint density at radius 3 is 2.88 bits per heavy atom. The molecule has 0 radical (unpaired) electrons. The molecule has 0 aliphatic heterocycles. The topological polar surface area (TPSA) is 51.2 Å². The molecule has 4 aromatic rings. The van der Waals surface area contributed by atoms with Gasteiger partial charge >= 0.3 is 0 Å². The molecule has 3 aromatic carbocycles. The van der Waals surface area contributed by atoms with E-state index < -0.39 is 0 Å². The zero-order valence-electron chi connectivity index (χ0n) is 13.7. The number of ether oxygens (including phenoxy) is 1. The summed E-state index contributed by atoms with van der Waals surface area (Å²) in [6.07, 6.45) is 0. The smallest absolute Gasteiger partial charge is 0.257 e. The Bertz CT molecular complexity index is 1070. The molecular weight excluding hydrogens is 332 g/mol. The SMILES string of the molecule is COCc1cccc(C(=O)Nc2nc3c(ccc4ccccc43)s2)c1. The van der Waals surface area contributed by atoms with Crippen molar-refractivity contribution in [1.82, 2.24) is 4.98 Å². The summed E-state index contributed by atoms with van der Waals surface area (Å²) in [6, 6.07) is 19.7. The van der Waals surface area contributed by atoms with Gasteiger partial charge in [0.1, 0.15) is 0 Å². The Kier molecular flexibility index (Phi) is 4.17. The van der Waals surface area contributed by atoms with Crippen LogP contribution in [-0.2, 0) is 11.3 Å². The zero-order valence-corrected chi connectivity index (χ0v) is 14.5. The highest BCUT2D eigenvalue weighted by molar-refractivity contribution is 7.22. The van der Waals surface area contributed by atoms with Crippen LogP contribution in [0.3, 0.4) is 0 Å². The van der Waals surface area contributed by atoms with Gasteiger partial charge < -0.3 is 4.74 Å². The first-order chi connectivity index (χ1) is 12.2. The molecule has 4 rings (SSSR count). The largest absolute Gasteiger partial charge is 0.380 e. The Morgan fingerprint density at radius 1 is 1.12 bits per heavy atom. The molecule has 0 spiro atoms. The van der Waals surface area contributed by atoms with Crippen LogP contribution in [0.1, 0.15) is 15.9 Å². The molecule has 0 saturated carbocycles. The number of benzene rings is 3. The fraction of sp³-hybridized carbons (Fsp3) is 0.100. The molecule has 5 heteroatoms. The van der Waals surface area contributed by atoms with Crippen molar-refractivity contribution in [3.63, 3.8) is 0 Å². The van der Waals surface area contributed by atoms with Gasteiger partial charge in [0.05, 0.1) is 16.8 Å². The molecule has 4 nitrogen and oxygen atoms in total. The lowest BCUT2D eigenvalue weighted by molar-refractivity contribution is 0.102. The number of nitrogens with one attached hydrogen (secondary N) is 1. The Balaban J connectivity index is 1.65. The standard InChI is InChI=1S/C20H16N2O2S/c1-24-12-13-5-4-7-15(11-13)19(23)22-20-21-18-16-8-3-2-6-14(16)9-10-17(18)25-20/h2-11H,12H2,1H3,(H,21,22,23). The molecule has 25 heavy (non-hydrogen) atoms. The summed E-state index contributed by atoms with van der Waals surface area (Å²) in [5.41, 5.74) is 2.48. The van der Waals surface area contributed by atoms with Gasteiger partial charge in [-0.05, 0) is 29.1 Å². The van der Waals surface area contributed by atoms with E-state index in [4.69, 9.17) is 4.74 Å². The maximum atomic E-state index is 12.5. The normalized spacial score (nSPS) is 11.1. The van der Waals surface area contributed by atoms with E-state index in [0.29, 0.717) is 17.3 Å². The average Bonchev–Trinajstić information content (AvgIpc) is 3.05. The van der Waals surface area contributed by atoms with Crippen LogP contribution in [0.15, 0.2) is 60.7 Å². The van der Waals surface area contributed by atoms with E-state index in [1.165, 1.54) is 11.3 Å². The predicted octanol–water partition coefficient (Wildman–Crippen LogP) is 4.85. The van der Waals surface area contributed by atoms with Gasteiger partial charge in [-0.2, -0.15) is 0 Å². The Labute approximate surface area is 149 Å². The van der Waals surface area contributed by atoms with Crippen LogP contribution in [0.2, 0.25) is 0 Å². The molecule has 0 saturated heterocycles. The van der Waals surface area contributed by atoms with Crippen LogP contribution >= 0.6 is 11.3 Å². The third-order valence-electron chi connectivity index (χ3n) is 4.00. The van der Waals surface area contributed by atoms with Crippen LogP contribution in [0, 0.1) is 0 Å². The number of thiazole rings is 1. The number of methoxy groups -OCH3 is 1. The first-order valence-corrected chi connectivity index (χ1v) is 8.74. The van der Waals surface area contributed by atoms with Gasteiger partial charge in [0, 0.05) is 18.1 Å². The molecule has 0 aliphatic rings. The molecular formula is C20H16N2O2S. The molecule has 1 N–H and O–H groups in total. The summed E-state index contributed by atoms with van der Waals surface area (Å²) in [4.78, 5) is 17.2. The van der Waals surface area contributed by atoms with Crippen molar-refractivity contribution in [1.29, 1.82) is 0 Å². The second-order valence-electron chi connectivity index (χ2n) is 5.74. The van der Waals surface area contributed by atoms with Crippen molar-refractivity contribution < 1.29 is 9.53 Å². The van der Waals surface area contributed by atoms with Crippen LogP contribution in [0.25, 0.3) is 21.0 Å². The lowest BCUT2D eigenvalue weighted by atomic mass is 10.1. The highest BCUT2D eigenvalue weighted by Gasteiger charge is 2.12. The summed E-state index contributed by atoms with van der Waals surface area (Å²) < 4.78 is 6.18. The predicted molar refractivity (Wildman–Crippen MR) is 102 cm³/mol. The van der Waals surface area contributed by atoms with Crippen LogP contribution in [-0.4, -0.2) is 18.0 Å². The average molecular weight is 348 g/mol. The summed E-state index contributed by atoms with van der Waals surface area (Å²) in [5, 5.41) is 5.75. The van der Waals surface area contributed by atoms with Crippen molar-refractivity contribution in [2.24, 2.45) is 0 Å². The summed E-state index contributed by atoms with van der Waals surface area (Å²) in [6.45, 7) is 0.480. The molecule has 124 valence electrons. The van der Waals surface area contributed by atoms with E-state index in [1.807, 2.05) is 36.4 Å². The van der Waals surface area contributed by atoms with E-state index >= 15 is 0 Å². The number of carbonyl (C=O) groups excluding carboxylic acids is 1. The maximum absolute atomic E-state index is 12.5. The van der Waals surface area contributed by atoms with Gasteiger partial charge in [-0.1, -0.05) is 53.8 Å². The molecule has 0 aliphatic carbocycles. The minimum atomic E-state index is -0.165. The fourth-order valence-electron chi connectivity index (χ4n) is 2.85. The first-order valence-electron chi connectivity index (χ1n) is 7.92. The van der Waals surface area contributed by atoms with E-state index in [-0.39, 0.29) is 5.91 Å². The number of hydrogen-bond donors (Lipinski definition) is 1. The van der Waals surface area contributed by atoms with Gasteiger partial charge in [0.15, 0.2) is 5.13 Å². The van der Waals surface area contributed by atoms with Crippen LogP contribution in [0.4, 0.5) is 5.13 Å². The molecule has 0 unspecified atom stereocenters. The van der Waals surface area contributed by atoms with Crippen molar-refractivity contribution in [3.05, 3.63) is 71.8 Å². The van der Waals surface area contributed by atoms with Crippen molar-refractivity contribution >= 4 is 43.4 Å². The van der Waals surface area contributed by atoms with Gasteiger partial charge in [-0.25, -0.2) is 4.98 Å². The molecule has 0 bridgehead atoms. The molecule has 1 amide bonds. The maximum Gasteiger partial charge on any atom is 0.257 e. The number of nitrogens with zero attached hydrogens (tertiary/aromatic N) is 1. The number of anilines is 1. The quantitative estimate of drug-likeness (QED) is 0.574. The lowest BCUT2D eigenvalue weighted by Gasteiger charge is -2.04. The minimum Gasteiger partial charge on any atom is -0.380 e. The van der Waals surface area contributed by atoms with E-state index in [9.17, 15) is 4.79 Å². The lowest BCUT2D eigenvalue weighted by Crippen LogP contribution is -2.11. The first kappa shape index (κ1) is 15.7. The van der Waals surface area contributed by atoms with E-state index in [0.717, 1.165) is 26.6 Å². The third-order valence-corrected chi connectivity index (χ3v) is 4.94. The number of fused-ring (bicyclic) bond motifs is 3. The minimum absolute atomic E-state index is 0.165. The number of amides is 1. The Hall–Kier alpha value is -2.76. The second kappa shape index (κ2) is 6.63. The van der Waals surface area contributed by atoms with Crippen molar-refractivity contribution in [2.45, 2.75) is 6.61 Å². The van der Waals surface area contributed by atoms with Crippen LogP contribution < -0.4 is 5.32 Å². The fourth-order valence-corrected chi connectivity index (χ4v) is 3.73. The Morgan fingerprint density at radius 2 is 2.00 bits per heavy atom. The number of aromatic nitrogens is 1. The van der Waals surface area contributed by atoms with Crippen LogP contribution in [0.5, 0.6) is 0 Å². The molecule has 0 atom stereocenters. The molecule has 1 heterocycles. The third kappa shape index (κ3) is 3.12. The monoisotopic (exact) mass is 348 g/mol. The molecule has 1 aromatic heterocycles. The summed E-state index contributed by atoms with van der Waals surface area (Å²) >= 11 is 1.48. The van der Waals surface area contributed by atoms with Gasteiger partial charge in [0.2, 0.25) is 0 Å².